The minimum Gasteiger partial charge on any atom is -0.461 e. The predicted molar refractivity (Wildman–Crippen MR) is 76.0 cm³/mol. The van der Waals surface area contributed by atoms with Crippen molar-refractivity contribution < 1.29 is 13.9 Å². The molecule has 0 spiro atoms. The van der Waals surface area contributed by atoms with Gasteiger partial charge >= 0.3 is 0 Å². The first-order chi connectivity index (χ1) is 9.52. The molecule has 106 valence electrons. The summed E-state index contributed by atoms with van der Waals surface area (Å²) in [4.78, 5) is 12.6. The summed E-state index contributed by atoms with van der Waals surface area (Å²) in [7, 11) is 1.61. The first-order valence-electron chi connectivity index (χ1n) is 6.77. The number of ether oxygens (including phenoxy) is 2. The van der Waals surface area contributed by atoms with Crippen LogP contribution in [0.4, 0.5) is 0 Å². The molecular formula is C16H18O4. The van der Waals surface area contributed by atoms with Crippen LogP contribution < -0.4 is 5.43 Å². The number of rotatable bonds is 1. The summed E-state index contributed by atoms with van der Waals surface area (Å²) >= 11 is 0. The minimum atomic E-state index is -0.417. The maximum atomic E-state index is 12.6. The van der Waals surface area contributed by atoms with Gasteiger partial charge in [0.1, 0.15) is 11.3 Å². The lowest BCUT2D eigenvalue weighted by Crippen LogP contribution is -2.26. The zero-order valence-corrected chi connectivity index (χ0v) is 12.1. The molecule has 1 aromatic heterocycles. The average molecular weight is 274 g/mol. The highest BCUT2D eigenvalue weighted by Crippen LogP contribution is 2.34. The van der Waals surface area contributed by atoms with Crippen LogP contribution in [0.2, 0.25) is 0 Å². The molecule has 2 atom stereocenters. The molecule has 2 aromatic rings. The van der Waals surface area contributed by atoms with Crippen LogP contribution in [-0.2, 0) is 15.9 Å². The highest BCUT2D eigenvalue weighted by Gasteiger charge is 2.28. The molecule has 4 heteroatoms. The van der Waals surface area contributed by atoms with Crippen LogP contribution in [0.25, 0.3) is 11.0 Å². The molecule has 0 saturated carbocycles. The average Bonchev–Trinajstić information content (AvgIpc) is 2.43. The van der Waals surface area contributed by atoms with E-state index >= 15 is 0 Å². The standard InChI is InChI=1S/C16H18O4/c1-8-7-12-11(16(18-4)19-8)5-6-13-14(12)15(17)9(2)10(3)20-13/h5-6,8,16H,7H2,1-4H3/t8-,16+/m1/s1. The van der Waals surface area contributed by atoms with Crippen molar-refractivity contribution in [1.29, 1.82) is 0 Å². The Morgan fingerprint density at radius 1 is 1.30 bits per heavy atom. The second-order valence-corrected chi connectivity index (χ2v) is 5.34. The van der Waals surface area contributed by atoms with Crippen molar-refractivity contribution >= 4 is 11.0 Å². The van der Waals surface area contributed by atoms with E-state index in [1.165, 1.54) is 0 Å². The lowest BCUT2D eigenvalue weighted by Gasteiger charge is -2.30. The van der Waals surface area contributed by atoms with Crippen LogP contribution in [0, 0.1) is 13.8 Å². The normalized spacial score (nSPS) is 22.0. The lowest BCUT2D eigenvalue weighted by atomic mass is 9.93. The summed E-state index contributed by atoms with van der Waals surface area (Å²) in [5.74, 6) is 0.672. The molecule has 0 bridgehead atoms. The fraction of sp³-hybridized carbons (Fsp3) is 0.438. The number of aryl methyl sites for hydroxylation is 1. The third-order valence-electron chi connectivity index (χ3n) is 3.99. The van der Waals surface area contributed by atoms with Gasteiger partial charge < -0.3 is 13.9 Å². The zero-order valence-electron chi connectivity index (χ0n) is 12.1. The largest absolute Gasteiger partial charge is 0.461 e. The molecule has 3 rings (SSSR count). The SMILES string of the molecule is CO[C@H]1O[C@H](C)Cc2c1ccc1oc(C)c(C)c(=O)c21. The minimum absolute atomic E-state index is 0.0130. The molecule has 1 aromatic carbocycles. The molecule has 0 radical (unpaired) electrons. The van der Waals surface area contributed by atoms with E-state index in [0.717, 1.165) is 11.1 Å². The second kappa shape index (κ2) is 4.72. The number of hydrogen-bond acceptors (Lipinski definition) is 4. The summed E-state index contributed by atoms with van der Waals surface area (Å²) in [6.45, 7) is 5.60. The van der Waals surface area contributed by atoms with Crippen LogP contribution in [0.1, 0.15) is 35.7 Å². The van der Waals surface area contributed by atoms with E-state index in [9.17, 15) is 4.79 Å². The lowest BCUT2D eigenvalue weighted by molar-refractivity contribution is -0.163. The van der Waals surface area contributed by atoms with E-state index in [2.05, 4.69) is 0 Å². The van der Waals surface area contributed by atoms with Gasteiger partial charge in [0.25, 0.3) is 0 Å². The molecule has 0 N–H and O–H groups in total. The first-order valence-corrected chi connectivity index (χ1v) is 6.77. The summed E-state index contributed by atoms with van der Waals surface area (Å²) in [5.41, 5.74) is 3.27. The Balaban J connectivity index is 2.38. The molecule has 0 saturated heterocycles. The van der Waals surface area contributed by atoms with Crippen molar-refractivity contribution in [3.63, 3.8) is 0 Å². The van der Waals surface area contributed by atoms with Crippen LogP contribution in [0.15, 0.2) is 21.3 Å². The van der Waals surface area contributed by atoms with Crippen molar-refractivity contribution in [3.05, 3.63) is 44.8 Å². The number of hydrogen-bond donors (Lipinski definition) is 0. The fourth-order valence-corrected chi connectivity index (χ4v) is 2.81. The van der Waals surface area contributed by atoms with Gasteiger partial charge in [-0.2, -0.15) is 0 Å². The van der Waals surface area contributed by atoms with Crippen molar-refractivity contribution in [3.8, 4) is 0 Å². The Labute approximate surface area is 117 Å². The van der Waals surface area contributed by atoms with E-state index in [1.54, 1.807) is 14.0 Å². The van der Waals surface area contributed by atoms with Crippen molar-refractivity contribution in [1.82, 2.24) is 0 Å². The van der Waals surface area contributed by atoms with Crippen LogP contribution in [0.3, 0.4) is 0 Å². The zero-order chi connectivity index (χ0) is 14.4. The van der Waals surface area contributed by atoms with Crippen molar-refractivity contribution in [2.24, 2.45) is 0 Å². The second-order valence-electron chi connectivity index (χ2n) is 5.34. The Morgan fingerprint density at radius 2 is 2.05 bits per heavy atom. The van der Waals surface area contributed by atoms with Crippen molar-refractivity contribution in [2.75, 3.05) is 7.11 Å². The van der Waals surface area contributed by atoms with Crippen molar-refractivity contribution in [2.45, 2.75) is 39.6 Å². The predicted octanol–water partition coefficient (Wildman–Crippen LogP) is 3.02. The molecule has 0 unspecified atom stereocenters. The van der Waals surface area contributed by atoms with Gasteiger partial charge in [0, 0.05) is 18.2 Å². The fourth-order valence-electron chi connectivity index (χ4n) is 2.81. The molecule has 20 heavy (non-hydrogen) atoms. The van der Waals surface area contributed by atoms with Crippen LogP contribution in [-0.4, -0.2) is 13.2 Å². The van der Waals surface area contributed by atoms with Gasteiger partial charge in [-0.05, 0) is 44.9 Å². The smallest absolute Gasteiger partial charge is 0.196 e. The molecule has 1 aliphatic heterocycles. The summed E-state index contributed by atoms with van der Waals surface area (Å²) in [5, 5.41) is 0.669. The third kappa shape index (κ3) is 1.87. The first kappa shape index (κ1) is 13.3. The third-order valence-corrected chi connectivity index (χ3v) is 3.99. The molecule has 2 heterocycles. The molecule has 4 nitrogen and oxygen atoms in total. The summed E-state index contributed by atoms with van der Waals surface area (Å²) in [6.07, 6.45) is 0.290. The topological polar surface area (TPSA) is 48.7 Å². The Bertz CT molecular complexity index is 729. The molecule has 0 amide bonds. The quantitative estimate of drug-likeness (QED) is 0.802. The van der Waals surface area contributed by atoms with E-state index < -0.39 is 6.29 Å². The van der Waals surface area contributed by atoms with E-state index in [1.807, 2.05) is 26.0 Å². The summed E-state index contributed by atoms with van der Waals surface area (Å²) in [6, 6.07) is 3.75. The summed E-state index contributed by atoms with van der Waals surface area (Å²) < 4.78 is 16.9. The number of fused-ring (bicyclic) bond motifs is 3. The van der Waals surface area contributed by atoms with Crippen LogP contribution in [0.5, 0.6) is 0 Å². The molecule has 0 fully saturated rings. The Morgan fingerprint density at radius 3 is 2.75 bits per heavy atom. The Kier molecular flexibility index (Phi) is 3.15. The molecule has 1 aliphatic rings. The maximum absolute atomic E-state index is 12.6. The van der Waals surface area contributed by atoms with Gasteiger partial charge in [-0.25, -0.2) is 0 Å². The van der Waals surface area contributed by atoms with Gasteiger partial charge in [0.15, 0.2) is 11.7 Å². The highest BCUT2D eigenvalue weighted by atomic mass is 16.7. The highest BCUT2D eigenvalue weighted by molar-refractivity contribution is 5.82. The Hall–Kier alpha value is -1.65. The maximum Gasteiger partial charge on any atom is 0.196 e. The van der Waals surface area contributed by atoms with Gasteiger partial charge in [-0.1, -0.05) is 0 Å². The number of benzene rings is 1. The van der Waals surface area contributed by atoms with Gasteiger partial charge in [0.05, 0.1) is 11.5 Å². The molecular weight excluding hydrogens is 256 g/mol. The number of methoxy groups -OCH3 is 1. The van der Waals surface area contributed by atoms with Gasteiger partial charge in [-0.15, -0.1) is 0 Å². The van der Waals surface area contributed by atoms with E-state index in [-0.39, 0.29) is 11.5 Å². The van der Waals surface area contributed by atoms with Gasteiger partial charge in [-0.3, -0.25) is 4.79 Å². The van der Waals surface area contributed by atoms with Gasteiger partial charge in [0.2, 0.25) is 0 Å². The molecule has 0 aliphatic carbocycles. The van der Waals surface area contributed by atoms with Crippen LogP contribution >= 0.6 is 0 Å². The van der Waals surface area contributed by atoms with E-state index in [0.29, 0.717) is 28.7 Å². The van der Waals surface area contributed by atoms with E-state index in [4.69, 9.17) is 13.9 Å². The monoisotopic (exact) mass is 274 g/mol.